The Morgan fingerprint density at radius 3 is 2.60 bits per heavy atom. The average Bonchev–Trinajstić information content (AvgIpc) is 2.16. The van der Waals surface area contributed by atoms with Crippen LogP contribution in [0.3, 0.4) is 0 Å². The number of hydrogen-bond acceptors (Lipinski definition) is 3. The van der Waals surface area contributed by atoms with Crippen molar-refractivity contribution in [3.8, 4) is 0 Å². The average molecular weight is 233 g/mol. The van der Waals surface area contributed by atoms with E-state index in [2.05, 4.69) is 0 Å². The summed E-state index contributed by atoms with van der Waals surface area (Å²) in [5, 5.41) is 7.68. The van der Waals surface area contributed by atoms with Gasteiger partial charge in [-0.2, -0.15) is 0 Å². The first-order chi connectivity index (χ1) is 6.93. The van der Waals surface area contributed by atoms with Gasteiger partial charge >= 0.3 is 0 Å². The summed E-state index contributed by atoms with van der Waals surface area (Å²) in [6, 6.07) is 0. The lowest BCUT2D eigenvalue weighted by atomic mass is 10.1. The zero-order chi connectivity index (χ0) is 11.5. The molecular weight excluding hydrogens is 214 g/mol. The van der Waals surface area contributed by atoms with Gasteiger partial charge in [-0.25, -0.2) is 12.7 Å². The normalized spacial score (nSPS) is 18.6. The highest BCUT2D eigenvalue weighted by atomic mass is 32.2. The van der Waals surface area contributed by atoms with E-state index in [4.69, 9.17) is 5.41 Å². The molecule has 0 bridgehead atoms. The quantitative estimate of drug-likeness (QED) is 0.761. The molecule has 1 N–H and O–H groups in total. The van der Waals surface area contributed by atoms with Crippen LogP contribution in [0, 0.1) is 5.41 Å². The van der Waals surface area contributed by atoms with Gasteiger partial charge < -0.3 is 4.90 Å². The molecule has 0 aromatic heterocycles. The fourth-order valence-corrected chi connectivity index (χ4v) is 2.36. The van der Waals surface area contributed by atoms with Gasteiger partial charge in [0, 0.05) is 33.6 Å². The van der Waals surface area contributed by atoms with Gasteiger partial charge in [-0.05, 0) is 12.8 Å². The van der Waals surface area contributed by atoms with Crippen molar-refractivity contribution in [2.45, 2.75) is 19.3 Å². The Hall–Kier alpha value is -0.620. The van der Waals surface area contributed by atoms with E-state index in [1.165, 1.54) is 18.4 Å². The number of nitrogens with zero attached hydrogens (tertiary/aromatic N) is 2. The van der Waals surface area contributed by atoms with Crippen LogP contribution in [0.15, 0.2) is 0 Å². The Morgan fingerprint density at radius 1 is 1.40 bits per heavy atom. The van der Waals surface area contributed by atoms with Gasteiger partial charge in [0.15, 0.2) is 0 Å². The molecule has 0 aliphatic carbocycles. The predicted molar refractivity (Wildman–Crippen MR) is 60.6 cm³/mol. The van der Waals surface area contributed by atoms with Crippen molar-refractivity contribution >= 4 is 15.9 Å². The van der Waals surface area contributed by atoms with Crippen LogP contribution in [0.1, 0.15) is 19.3 Å². The standard InChI is InChI=1S/C9H19N3O2S/c1-11(2)15(13,14)8-7-12-6-4-3-5-9(12)10/h10H,3-8H2,1-2H3. The maximum atomic E-state index is 11.5. The number of piperidine rings is 1. The smallest absolute Gasteiger partial charge is 0.215 e. The molecule has 0 amide bonds. The van der Waals surface area contributed by atoms with E-state index >= 15 is 0 Å². The molecule has 88 valence electrons. The van der Waals surface area contributed by atoms with E-state index in [9.17, 15) is 8.42 Å². The van der Waals surface area contributed by atoms with Crippen LogP contribution >= 0.6 is 0 Å². The van der Waals surface area contributed by atoms with Crippen molar-refractivity contribution in [1.29, 1.82) is 5.41 Å². The Kier molecular flexibility index (Phi) is 4.10. The molecule has 0 unspecified atom stereocenters. The lowest BCUT2D eigenvalue weighted by Gasteiger charge is -2.29. The van der Waals surface area contributed by atoms with E-state index in [0.717, 1.165) is 25.8 Å². The third kappa shape index (κ3) is 3.46. The molecular formula is C9H19N3O2S. The number of nitrogens with one attached hydrogen (secondary N) is 1. The van der Waals surface area contributed by atoms with Gasteiger partial charge in [0.1, 0.15) is 0 Å². The second-order valence-corrected chi connectivity index (χ2v) is 6.29. The van der Waals surface area contributed by atoms with Crippen molar-refractivity contribution in [3.63, 3.8) is 0 Å². The molecule has 1 rings (SSSR count). The van der Waals surface area contributed by atoms with E-state index in [0.29, 0.717) is 12.4 Å². The Bertz CT molecular complexity index is 324. The van der Waals surface area contributed by atoms with E-state index in [-0.39, 0.29) is 5.75 Å². The second-order valence-electron chi connectivity index (χ2n) is 3.99. The zero-order valence-electron chi connectivity index (χ0n) is 9.36. The number of likely N-dealkylation sites (tertiary alicyclic amines) is 1. The molecule has 1 fully saturated rings. The number of rotatable bonds is 4. The maximum absolute atomic E-state index is 11.5. The van der Waals surface area contributed by atoms with E-state index < -0.39 is 10.0 Å². The van der Waals surface area contributed by atoms with E-state index in [1.807, 2.05) is 4.90 Å². The van der Waals surface area contributed by atoms with Crippen LogP contribution in [-0.2, 0) is 10.0 Å². The minimum atomic E-state index is -3.13. The van der Waals surface area contributed by atoms with E-state index in [1.54, 1.807) is 0 Å². The fraction of sp³-hybridized carbons (Fsp3) is 0.889. The Balaban J connectivity index is 2.46. The molecule has 1 aliphatic heterocycles. The molecule has 0 radical (unpaired) electrons. The topological polar surface area (TPSA) is 64.5 Å². The SMILES string of the molecule is CN(C)S(=O)(=O)CCN1CCCCC1=N. The molecule has 1 heterocycles. The van der Waals surface area contributed by atoms with Crippen LogP contribution in [0.25, 0.3) is 0 Å². The first-order valence-corrected chi connectivity index (χ1v) is 6.77. The predicted octanol–water partition coefficient (Wildman–Crippen LogP) is 0.341. The molecule has 1 saturated heterocycles. The van der Waals surface area contributed by atoms with Crippen molar-refractivity contribution in [2.24, 2.45) is 0 Å². The molecule has 0 saturated carbocycles. The van der Waals surface area contributed by atoms with Crippen molar-refractivity contribution in [3.05, 3.63) is 0 Å². The summed E-state index contributed by atoms with van der Waals surface area (Å²) in [5.74, 6) is 0.678. The third-order valence-corrected chi connectivity index (χ3v) is 4.46. The molecule has 1 aliphatic rings. The van der Waals surface area contributed by atoms with Gasteiger partial charge in [-0.3, -0.25) is 5.41 Å². The highest BCUT2D eigenvalue weighted by Crippen LogP contribution is 2.10. The van der Waals surface area contributed by atoms with Gasteiger partial charge in [0.2, 0.25) is 10.0 Å². The molecule has 6 heteroatoms. The second kappa shape index (κ2) is 4.94. The number of sulfonamides is 1. The molecule has 5 nitrogen and oxygen atoms in total. The maximum Gasteiger partial charge on any atom is 0.215 e. The summed E-state index contributed by atoms with van der Waals surface area (Å²) in [6.45, 7) is 1.27. The molecule has 0 atom stereocenters. The lowest BCUT2D eigenvalue weighted by molar-refractivity contribution is 0.381. The summed E-state index contributed by atoms with van der Waals surface area (Å²) >= 11 is 0. The molecule has 0 aromatic carbocycles. The van der Waals surface area contributed by atoms with Gasteiger partial charge in [-0.15, -0.1) is 0 Å². The first-order valence-electron chi connectivity index (χ1n) is 5.16. The summed E-state index contributed by atoms with van der Waals surface area (Å²) < 4.78 is 24.3. The molecule has 15 heavy (non-hydrogen) atoms. The summed E-state index contributed by atoms with van der Waals surface area (Å²) in [4.78, 5) is 1.87. The minimum absolute atomic E-state index is 0.0996. The molecule has 0 aromatic rings. The highest BCUT2D eigenvalue weighted by Gasteiger charge is 2.19. The van der Waals surface area contributed by atoms with Gasteiger partial charge in [0.25, 0.3) is 0 Å². The van der Waals surface area contributed by atoms with Crippen molar-refractivity contribution < 1.29 is 8.42 Å². The van der Waals surface area contributed by atoms with Crippen LogP contribution in [0.4, 0.5) is 0 Å². The van der Waals surface area contributed by atoms with Crippen molar-refractivity contribution in [2.75, 3.05) is 32.9 Å². The minimum Gasteiger partial charge on any atom is -0.359 e. The number of hydrogen-bond donors (Lipinski definition) is 1. The Morgan fingerprint density at radius 2 is 2.07 bits per heavy atom. The summed E-state index contributed by atoms with van der Waals surface area (Å²) in [7, 11) is -0.0489. The number of amidine groups is 1. The van der Waals surface area contributed by atoms with Crippen LogP contribution in [0.5, 0.6) is 0 Å². The Labute approximate surface area is 91.6 Å². The lowest BCUT2D eigenvalue weighted by Crippen LogP contribution is -2.40. The summed E-state index contributed by atoms with van der Waals surface area (Å²) in [5.41, 5.74) is 0. The van der Waals surface area contributed by atoms with Crippen LogP contribution in [-0.4, -0.2) is 56.4 Å². The van der Waals surface area contributed by atoms with Crippen molar-refractivity contribution in [1.82, 2.24) is 9.21 Å². The molecule has 0 spiro atoms. The first kappa shape index (κ1) is 12.4. The summed E-state index contributed by atoms with van der Waals surface area (Å²) in [6.07, 6.45) is 2.89. The monoisotopic (exact) mass is 233 g/mol. The van der Waals surface area contributed by atoms with Gasteiger partial charge in [0.05, 0.1) is 11.6 Å². The highest BCUT2D eigenvalue weighted by molar-refractivity contribution is 7.89. The zero-order valence-corrected chi connectivity index (χ0v) is 10.2. The third-order valence-electron chi connectivity index (χ3n) is 2.65. The largest absolute Gasteiger partial charge is 0.359 e. The van der Waals surface area contributed by atoms with Gasteiger partial charge in [-0.1, -0.05) is 0 Å². The fourth-order valence-electron chi connectivity index (χ4n) is 1.54. The van der Waals surface area contributed by atoms with Crippen LogP contribution in [0.2, 0.25) is 0 Å². The van der Waals surface area contributed by atoms with Crippen LogP contribution < -0.4 is 0 Å².